The molecule has 0 radical (unpaired) electrons. The summed E-state index contributed by atoms with van der Waals surface area (Å²) in [6.45, 7) is 4.89. The summed E-state index contributed by atoms with van der Waals surface area (Å²) in [7, 11) is 0. The number of carbonyl (C=O) groups is 1. The second kappa shape index (κ2) is 4.93. The van der Waals surface area contributed by atoms with Gasteiger partial charge in [-0.15, -0.1) is 11.3 Å². The Labute approximate surface area is 99.5 Å². The van der Waals surface area contributed by atoms with Gasteiger partial charge in [0.15, 0.2) is 0 Å². The van der Waals surface area contributed by atoms with Crippen molar-refractivity contribution in [3.63, 3.8) is 0 Å². The fraction of sp³-hybridized carbons (Fsp3) is 0.636. The molecule has 1 amide bonds. The highest BCUT2D eigenvalue weighted by Crippen LogP contribution is 2.18. The molecule has 88 valence electrons. The molecular formula is C11H17N3OS. The van der Waals surface area contributed by atoms with Gasteiger partial charge in [-0.3, -0.25) is 4.79 Å². The van der Waals surface area contributed by atoms with Crippen molar-refractivity contribution >= 4 is 17.2 Å². The zero-order valence-corrected chi connectivity index (χ0v) is 10.4. The minimum Gasteiger partial charge on any atom is -0.346 e. The number of thiazole rings is 1. The third kappa shape index (κ3) is 2.59. The van der Waals surface area contributed by atoms with Crippen LogP contribution in [0.25, 0.3) is 0 Å². The SMILES string of the molecule is Cc1csc(C(C)NC(=O)C2CCCN2)n1. The molecule has 16 heavy (non-hydrogen) atoms. The van der Waals surface area contributed by atoms with Crippen LogP contribution in [-0.2, 0) is 4.79 Å². The van der Waals surface area contributed by atoms with E-state index >= 15 is 0 Å². The maximum atomic E-state index is 11.8. The second-order valence-corrected chi connectivity index (χ2v) is 5.10. The number of carbonyl (C=O) groups excluding carboxylic acids is 1. The number of nitrogens with zero attached hydrogens (tertiary/aromatic N) is 1. The number of hydrogen-bond acceptors (Lipinski definition) is 4. The van der Waals surface area contributed by atoms with Gasteiger partial charge in [-0.25, -0.2) is 4.98 Å². The van der Waals surface area contributed by atoms with E-state index in [1.165, 1.54) is 0 Å². The summed E-state index contributed by atoms with van der Waals surface area (Å²) in [5.41, 5.74) is 1.01. The average molecular weight is 239 g/mol. The van der Waals surface area contributed by atoms with E-state index in [-0.39, 0.29) is 18.0 Å². The molecule has 5 heteroatoms. The van der Waals surface area contributed by atoms with E-state index in [0.29, 0.717) is 0 Å². The molecule has 1 fully saturated rings. The Bertz CT molecular complexity index is 371. The Morgan fingerprint density at radius 1 is 1.75 bits per heavy atom. The first-order valence-corrected chi connectivity index (χ1v) is 6.50. The molecule has 2 atom stereocenters. The van der Waals surface area contributed by atoms with Crippen LogP contribution in [0.15, 0.2) is 5.38 Å². The maximum absolute atomic E-state index is 11.8. The van der Waals surface area contributed by atoms with Gasteiger partial charge in [-0.1, -0.05) is 0 Å². The molecule has 0 aliphatic carbocycles. The molecule has 2 heterocycles. The summed E-state index contributed by atoms with van der Waals surface area (Å²) >= 11 is 1.60. The lowest BCUT2D eigenvalue weighted by atomic mass is 10.2. The van der Waals surface area contributed by atoms with Crippen LogP contribution in [0.3, 0.4) is 0 Å². The molecule has 0 bridgehead atoms. The van der Waals surface area contributed by atoms with Gasteiger partial charge in [0.2, 0.25) is 5.91 Å². The molecule has 0 spiro atoms. The smallest absolute Gasteiger partial charge is 0.237 e. The Hall–Kier alpha value is -0.940. The summed E-state index contributed by atoms with van der Waals surface area (Å²) in [6.07, 6.45) is 2.03. The fourth-order valence-electron chi connectivity index (χ4n) is 1.86. The molecule has 0 saturated carbocycles. The zero-order chi connectivity index (χ0) is 11.5. The van der Waals surface area contributed by atoms with Crippen molar-refractivity contribution in [1.82, 2.24) is 15.6 Å². The van der Waals surface area contributed by atoms with Crippen LogP contribution in [0.2, 0.25) is 0 Å². The molecular weight excluding hydrogens is 222 g/mol. The highest BCUT2D eigenvalue weighted by atomic mass is 32.1. The Morgan fingerprint density at radius 3 is 3.12 bits per heavy atom. The molecule has 2 rings (SSSR count). The van der Waals surface area contributed by atoms with Crippen LogP contribution in [0.4, 0.5) is 0 Å². The highest BCUT2D eigenvalue weighted by molar-refractivity contribution is 7.09. The third-order valence-corrected chi connectivity index (χ3v) is 3.89. The Morgan fingerprint density at radius 2 is 2.56 bits per heavy atom. The van der Waals surface area contributed by atoms with Gasteiger partial charge in [-0.2, -0.15) is 0 Å². The number of aromatic nitrogens is 1. The van der Waals surface area contributed by atoms with E-state index in [9.17, 15) is 4.79 Å². The van der Waals surface area contributed by atoms with Gasteiger partial charge in [-0.05, 0) is 33.2 Å². The summed E-state index contributed by atoms with van der Waals surface area (Å²) < 4.78 is 0. The number of aryl methyl sites for hydroxylation is 1. The lowest BCUT2D eigenvalue weighted by Crippen LogP contribution is -2.41. The maximum Gasteiger partial charge on any atom is 0.237 e. The van der Waals surface area contributed by atoms with Crippen molar-refractivity contribution in [3.8, 4) is 0 Å². The Kier molecular flexibility index (Phi) is 3.56. The van der Waals surface area contributed by atoms with Crippen molar-refractivity contribution in [2.45, 2.75) is 38.8 Å². The van der Waals surface area contributed by atoms with Gasteiger partial charge in [0.05, 0.1) is 12.1 Å². The predicted octanol–water partition coefficient (Wildman–Crippen LogP) is 1.38. The van der Waals surface area contributed by atoms with Gasteiger partial charge in [0, 0.05) is 11.1 Å². The molecule has 1 aliphatic heterocycles. The zero-order valence-electron chi connectivity index (χ0n) is 9.62. The molecule has 1 saturated heterocycles. The lowest BCUT2D eigenvalue weighted by molar-refractivity contribution is -0.123. The van der Waals surface area contributed by atoms with E-state index in [4.69, 9.17) is 0 Å². The van der Waals surface area contributed by atoms with Crippen molar-refractivity contribution in [2.24, 2.45) is 0 Å². The van der Waals surface area contributed by atoms with E-state index in [1.807, 2.05) is 19.2 Å². The first kappa shape index (κ1) is 11.5. The van der Waals surface area contributed by atoms with Crippen LogP contribution >= 0.6 is 11.3 Å². The first-order valence-electron chi connectivity index (χ1n) is 5.62. The number of hydrogen-bond donors (Lipinski definition) is 2. The topological polar surface area (TPSA) is 54.0 Å². The van der Waals surface area contributed by atoms with Crippen molar-refractivity contribution in [1.29, 1.82) is 0 Å². The van der Waals surface area contributed by atoms with E-state index in [2.05, 4.69) is 15.6 Å². The van der Waals surface area contributed by atoms with E-state index in [1.54, 1.807) is 11.3 Å². The molecule has 1 aromatic heterocycles. The van der Waals surface area contributed by atoms with E-state index < -0.39 is 0 Å². The largest absolute Gasteiger partial charge is 0.346 e. The highest BCUT2D eigenvalue weighted by Gasteiger charge is 2.23. The Balaban J connectivity index is 1.91. The molecule has 0 aromatic carbocycles. The van der Waals surface area contributed by atoms with Gasteiger partial charge < -0.3 is 10.6 Å². The van der Waals surface area contributed by atoms with Crippen LogP contribution < -0.4 is 10.6 Å². The van der Waals surface area contributed by atoms with E-state index in [0.717, 1.165) is 30.1 Å². The lowest BCUT2D eigenvalue weighted by Gasteiger charge is -2.15. The minimum absolute atomic E-state index is 0.00796. The first-order chi connectivity index (χ1) is 7.66. The van der Waals surface area contributed by atoms with Crippen LogP contribution in [0.1, 0.15) is 36.5 Å². The number of amides is 1. The fourth-order valence-corrected chi connectivity index (χ4v) is 2.66. The minimum atomic E-state index is -0.0106. The predicted molar refractivity (Wildman–Crippen MR) is 64.4 cm³/mol. The summed E-state index contributed by atoms with van der Waals surface area (Å²) in [4.78, 5) is 16.2. The van der Waals surface area contributed by atoms with Crippen LogP contribution in [0.5, 0.6) is 0 Å². The van der Waals surface area contributed by atoms with Crippen LogP contribution in [-0.4, -0.2) is 23.5 Å². The standard InChI is InChI=1S/C11H17N3OS/c1-7-6-16-11(13-7)8(2)14-10(15)9-4-3-5-12-9/h6,8-9,12H,3-5H2,1-2H3,(H,14,15). The normalized spacial score (nSPS) is 22.0. The van der Waals surface area contributed by atoms with Crippen molar-refractivity contribution in [3.05, 3.63) is 16.1 Å². The summed E-state index contributed by atoms with van der Waals surface area (Å²) in [5.74, 6) is 0.0952. The van der Waals surface area contributed by atoms with Crippen LogP contribution in [0, 0.1) is 6.92 Å². The number of nitrogens with one attached hydrogen (secondary N) is 2. The summed E-state index contributed by atoms with van der Waals surface area (Å²) in [5, 5.41) is 9.17. The van der Waals surface area contributed by atoms with Gasteiger partial charge in [0.1, 0.15) is 5.01 Å². The average Bonchev–Trinajstić information content (AvgIpc) is 2.87. The molecule has 1 aliphatic rings. The molecule has 2 N–H and O–H groups in total. The second-order valence-electron chi connectivity index (χ2n) is 4.21. The molecule has 2 unspecified atom stereocenters. The quantitative estimate of drug-likeness (QED) is 0.838. The molecule has 4 nitrogen and oxygen atoms in total. The van der Waals surface area contributed by atoms with Gasteiger partial charge >= 0.3 is 0 Å². The van der Waals surface area contributed by atoms with Crippen molar-refractivity contribution < 1.29 is 4.79 Å². The number of rotatable bonds is 3. The van der Waals surface area contributed by atoms with Gasteiger partial charge in [0.25, 0.3) is 0 Å². The van der Waals surface area contributed by atoms with Crippen molar-refractivity contribution in [2.75, 3.05) is 6.54 Å². The summed E-state index contributed by atoms with van der Waals surface area (Å²) in [6, 6.07) is -0.00268. The molecule has 1 aromatic rings. The monoisotopic (exact) mass is 239 g/mol. The third-order valence-electron chi connectivity index (χ3n) is 2.74.